The van der Waals surface area contributed by atoms with E-state index in [1.165, 1.54) is 22.5 Å². The maximum Gasteiger partial charge on any atom is 0.185 e. The quantitative estimate of drug-likeness (QED) is 0.705. The van der Waals surface area contributed by atoms with Crippen molar-refractivity contribution in [2.75, 3.05) is 0 Å². The smallest absolute Gasteiger partial charge is 0.185 e. The number of rotatable bonds is 5. The zero-order chi connectivity index (χ0) is 13.8. The fourth-order valence-electron chi connectivity index (χ4n) is 1.71. The van der Waals surface area contributed by atoms with Crippen LogP contribution in [0.15, 0.2) is 36.4 Å². The van der Waals surface area contributed by atoms with Gasteiger partial charge in [0.2, 0.25) is 0 Å². The third-order valence-electron chi connectivity index (χ3n) is 2.94. The summed E-state index contributed by atoms with van der Waals surface area (Å²) in [7, 11) is 0. The van der Waals surface area contributed by atoms with Crippen LogP contribution in [0.25, 0.3) is 0 Å². The van der Waals surface area contributed by atoms with Gasteiger partial charge in [0.1, 0.15) is 0 Å². The lowest BCUT2D eigenvalue weighted by Gasteiger charge is -2.10. The third kappa shape index (κ3) is 3.85. The highest BCUT2D eigenvalue weighted by Gasteiger charge is 2.17. The Morgan fingerprint density at radius 2 is 2.05 bits per heavy atom. The highest BCUT2D eigenvalue weighted by molar-refractivity contribution is 7.99. The van der Waals surface area contributed by atoms with Crippen molar-refractivity contribution in [1.82, 2.24) is 0 Å². The number of carbonyl (C=O) groups is 1. The van der Waals surface area contributed by atoms with Crippen LogP contribution in [-0.4, -0.2) is 11.0 Å². The molecule has 0 saturated carbocycles. The van der Waals surface area contributed by atoms with Crippen LogP contribution < -0.4 is 0 Å². The molecule has 2 aromatic rings. The van der Waals surface area contributed by atoms with E-state index in [9.17, 15) is 4.79 Å². The molecule has 0 saturated heterocycles. The summed E-state index contributed by atoms with van der Waals surface area (Å²) in [6, 6.07) is 11.9. The van der Waals surface area contributed by atoms with Crippen LogP contribution in [0.4, 0.5) is 0 Å². The molecule has 100 valence electrons. The molecule has 0 fully saturated rings. The Bertz CT molecular complexity index is 577. The zero-order valence-corrected chi connectivity index (χ0v) is 13.2. The number of ketones is 1. The minimum absolute atomic E-state index is 0.0469. The molecule has 1 aromatic carbocycles. The van der Waals surface area contributed by atoms with Crippen LogP contribution in [-0.2, 0) is 5.75 Å². The molecule has 1 nitrogen and oxygen atoms in total. The lowest BCUT2D eigenvalue weighted by molar-refractivity contribution is 0.0998. The van der Waals surface area contributed by atoms with E-state index in [1.54, 1.807) is 23.9 Å². The van der Waals surface area contributed by atoms with Gasteiger partial charge in [-0.15, -0.1) is 23.1 Å². The van der Waals surface area contributed by atoms with E-state index in [2.05, 4.69) is 19.1 Å². The number of hydrogen-bond donors (Lipinski definition) is 0. The second-order valence-electron chi connectivity index (χ2n) is 4.35. The monoisotopic (exact) mass is 310 g/mol. The first-order valence-corrected chi connectivity index (χ1v) is 8.28. The van der Waals surface area contributed by atoms with Gasteiger partial charge in [0, 0.05) is 5.75 Å². The van der Waals surface area contributed by atoms with E-state index < -0.39 is 0 Å². The van der Waals surface area contributed by atoms with E-state index in [0.29, 0.717) is 4.34 Å². The first kappa shape index (κ1) is 14.6. The number of thiophene rings is 1. The number of carbonyl (C=O) groups excluding carboxylic acids is 1. The van der Waals surface area contributed by atoms with Crippen LogP contribution in [0, 0.1) is 6.92 Å². The van der Waals surface area contributed by atoms with Gasteiger partial charge in [0.15, 0.2) is 5.78 Å². The van der Waals surface area contributed by atoms with Crippen molar-refractivity contribution in [2.45, 2.75) is 24.9 Å². The molecule has 1 heterocycles. The number of Topliss-reactive ketones (excluding diaryl/α,β-unsaturated/α-hetero) is 1. The Balaban J connectivity index is 1.96. The van der Waals surface area contributed by atoms with Gasteiger partial charge in [0.25, 0.3) is 0 Å². The normalized spacial score (nSPS) is 12.4. The summed E-state index contributed by atoms with van der Waals surface area (Å²) in [5.74, 6) is 1.02. The molecule has 0 aliphatic carbocycles. The van der Waals surface area contributed by atoms with Crippen molar-refractivity contribution in [2.24, 2.45) is 0 Å². The van der Waals surface area contributed by atoms with E-state index in [1.807, 2.05) is 19.1 Å². The van der Waals surface area contributed by atoms with Gasteiger partial charge in [-0.2, -0.15) is 0 Å². The lowest BCUT2D eigenvalue weighted by atomic mass is 10.1. The molecule has 0 bridgehead atoms. The highest BCUT2D eigenvalue weighted by atomic mass is 35.5. The maximum absolute atomic E-state index is 12.2. The largest absolute Gasteiger partial charge is 0.292 e. The molecule has 19 heavy (non-hydrogen) atoms. The maximum atomic E-state index is 12.2. The van der Waals surface area contributed by atoms with E-state index in [-0.39, 0.29) is 11.0 Å². The summed E-state index contributed by atoms with van der Waals surface area (Å²) in [4.78, 5) is 12.9. The number of benzene rings is 1. The molecular weight excluding hydrogens is 296 g/mol. The summed E-state index contributed by atoms with van der Waals surface area (Å²) in [6.45, 7) is 4.06. The summed E-state index contributed by atoms with van der Waals surface area (Å²) in [6.07, 6.45) is 0. The fraction of sp³-hybridized carbons (Fsp3) is 0.267. The molecule has 2 rings (SSSR count). The van der Waals surface area contributed by atoms with Crippen molar-refractivity contribution in [3.63, 3.8) is 0 Å². The van der Waals surface area contributed by atoms with Crippen LogP contribution >= 0.6 is 34.7 Å². The number of aryl methyl sites for hydroxylation is 1. The van der Waals surface area contributed by atoms with Gasteiger partial charge < -0.3 is 0 Å². The minimum Gasteiger partial charge on any atom is -0.292 e. The molecule has 4 heteroatoms. The molecule has 1 aromatic heterocycles. The number of halogens is 1. The second-order valence-corrected chi connectivity index (χ2v) is 7.39. The molecular formula is C15H15ClOS2. The third-order valence-corrected chi connectivity index (χ3v) is 5.37. The van der Waals surface area contributed by atoms with Gasteiger partial charge in [-0.05, 0) is 37.1 Å². The highest BCUT2D eigenvalue weighted by Crippen LogP contribution is 2.27. The SMILES string of the molecule is Cc1ccccc1CSC(C)C(=O)c1ccc(Cl)s1. The first-order valence-electron chi connectivity index (χ1n) is 6.03. The Kier molecular flexibility index (Phi) is 5.08. The standard InChI is InChI=1S/C15H15ClOS2/c1-10-5-3-4-6-12(10)9-18-11(2)15(17)13-7-8-14(16)19-13/h3-8,11H,9H2,1-2H3. The van der Waals surface area contributed by atoms with Crippen molar-refractivity contribution in [1.29, 1.82) is 0 Å². The second kappa shape index (κ2) is 6.60. The van der Waals surface area contributed by atoms with Crippen LogP contribution in [0.2, 0.25) is 4.34 Å². The van der Waals surface area contributed by atoms with Crippen LogP contribution in [0.1, 0.15) is 27.7 Å². The van der Waals surface area contributed by atoms with Gasteiger partial charge in [-0.3, -0.25) is 4.79 Å². The fourth-order valence-corrected chi connectivity index (χ4v) is 3.89. The summed E-state index contributed by atoms with van der Waals surface area (Å²) >= 11 is 8.88. The Labute approximate surface area is 127 Å². The summed E-state index contributed by atoms with van der Waals surface area (Å²) in [5.41, 5.74) is 2.56. The van der Waals surface area contributed by atoms with Crippen LogP contribution in [0.3, 0.4) is 0 Å². The first-order chi connectivity index (χ1) is 9.08. The predicted octanol–water partition coefficient (Wildman–Crippen LogP) is 5.21. The Morgan fingerprint density at radius 1 is 1.32 bits per heavy atom. The van der Waals surface area contributed by atoms with Gasteiger partial charge in [-0.1, -0.05) is 35.9 Å². The Hall–Kier alpha value is -0.770. The minimum atomic E-state index is -0.0469. The molecule has 1 unspecified atom stereocenters. The molecule has 0 aliphatic rings. The molecule has 0 aliphatic heterocycles. The topological polar surface area (TPSA) is 17.1 Å². The van der Waals surface area contributed by atoms with Gasteiger partial charge >= 0.3 is 0 Å². The lowest BCUT2D eigenvalue weighted by Crippen LogP contribution is -2.12. The summed E-state index contributed by atoms with van der Waals surface area (Å²) < 4.78 is 0.666. The van der Waals surface area contributed by atoms with E-state index in [4.69, 9.17) is 11.6 Å². The average molecular weight is 311 g/mol. The van der Waals surface area contributed by atoms with Crippen molar-refractivity contribution < 1.29 is 4.79 Å². The molecule has 1 atom stereocenters. The average Bonchev–Trinajstić information content (AvgIpc) is 2.83. The zero-order valence-electron chi connectivity index (χ0n) is 10.9. The van der Waals surface area contributed by atoms with Crippen molar-refractivity contribution in [3.05, 3.63) is 56.7 Å². The number of hydrogen-bond acceptors (Lipinski definition) is 3. The van der Waals surface area contributed by atoms with Gasteiger partial charge in [0.05, 0.1) is 14.5 Å². The Morgan fingerprint density at radius 3 is 2.68 bits per heavy atom. The van der Waals surface area contributed by atoms with E-state index >= 15 is 0 Å². The van der Waals surface area contributed by atoms with Crippen molar-refractivity contribution >= 4 is 40.5 Å². The van der Waals surface area contributed by atoms with Crippen molar-refractivity contribution in [3.8, 4) is 0 Å². The predicted molar refractivity (Wildman–Crippen MR) is 85.6 cm³/mol. The summed E-state index contributed by atoms with van der Waals surface area (Å²) in [5, 5.41) is -0.0469. The van der Waals surface area contributed by atoms with E-state index in [0.717, 1.165) is 10.6 Å². The van der Waals surface area contributed by atoms with Crippen LogP contribution in [0.5, 0.6) is 0 Å². The molecule has 0 N–H and O–H groups in total. The number of thioether (sulfide) groups is 1. The van der Waals surface area contributed by atoms with Gasteiger partial charge in [-0.25, -0.2) is 0 Å². The molecule has 0 radical (unpaired) electrons. The molecule has 0 spiro atoms. The molecule has 0 amide bonds.